The summed E-state index contributed by atoms with van der Waals surface area (Å²) in [6.45, 7) is 1.78. The van der Waals surface area contributed by atoms with Crippen LogP contribution in [0.25, 0.3) is 0 Å². The summed E-state index contributed by atoms with van der Waals surface area (Å²) in [4.78, 5) is 56.2. The lowest BCUT2D eigenvalue weighted by Crippen LogP contribution is -2.32. The molecule has 1 fully saturated rings. The number of benzene rings is 2. The Labute approximate surface area is 238 Å². The Morgan fingerprint density at radius 1 is 1.00 bits per heavy atom. The van der Waals surface area contributed by atoms with Crippen LogP contribution < -0.4 is 15.1 Å². The number of hydrogen-bond acceptors (Lipinski definition) is 7. The van der Waals surface area contributed by atoms with Crippen molar-refractivity contribution in [1.82, 2.24) is 4.57 Å². The number of anilines is 2. The standard InChI is InChI=1S/C27H20BrN3O4S3/c1-14-4-8-16(9-5-14)29-19(32)13-30-26-23(38-27(30)35)20(18-3-2-12-36-18)21-22(37-26)25(34)31(24(21)33)17-10-6-15(28)7-11-17/h2-12,20-22H,13H2,1H3,(H,29,32)/t20-,21+,22-/m0/s1. The van der Waals surface area contributed by atoms with E-state index < -0.39 is 17.1 Å². The number of imide groups is 1. The Kier molecular flexibility index (Phi) is 6.63. The molecule has 38 heavy (non-hydrogen) atoms. The molecule has 2 aromatic carbocycles. The molecule has 2 aliphatic heterocycles. The minimum absolute atomic E-state index is 0.182. The maximum atomic E-state index is 13.8. The van der Waals surface area contributed by atoms with Gasteiger partial charge in [0.2, 0.25) is 17.7 Å². The van der Waals surface area contributed by atoms with Gasteiger partial charge in [0, 0.05) is 25.8 Å². The second kappa shape index (κ2) is 9.96. The first-order chi connectivity index (χ1) is 18.3. The molecule has 4 aromatic rings. The number of aryl methyl sites for hydroxylation is 1. The fourth-order valence-electron chi connectivity index (χ4n) is 4.86. The molecule has 0 saturated carbocycles. The number of hydrogen-bond donors (Lipinski definition) is 1. The van der Waals surface area contributed by atoms with Gasteiger partial charge in [0.25, 0.3) is 0 Å². The molecule has 0 bridgehead atoms. The molecule has 4 heterocycles. The first-order valence-corrected chi connectivity index (χ1v) is 15.1. The number of fused-ring (bicyclic) bond motifs is 2. The van der Waals surface area contributed by atoms with Crippen LogP contribution in [-0.4, -0.2) is 27.5 Å². The summed E-state index contributed by atoms with van der Waals surface area (Å²) >= 11 is 7.16. The Balaban J connectivity index is 1.38. The summed E-state index contributed by atoms with van der Waals surface area (Å²) in [5.74, 6) is -2.00. The quantitative estimate of drug-likeness (QED) is 0.297. The molecule has 2 aliphatic rings. The number of halogens is 1. The number of nitrogens with zero attached hydrogens (tertiary/aromatic N) is 2. The van der Waals surface area contributed by atoms with Crippen LogP contribution in [0, 0.1) is 12.8 Å². The van der Waals surface area contributed by atoms with Crippen LogP contribution in [0.2, 0.25) is 0 Å². The SMILES string of the molecule is Cc1ccc(NC(=O)Cn2c3c(sc2=O)[C@@H](c2cccs2)[C@H]2C(=O)N(c4ccc(Br)cc4)C(=O)[C@H]2S3)cc1. The maximum absolute atomic E-state index is 13.8. The summed E-state index contributed by atoms with van der Waals surface area (Å²) in [5.41, 5.74) is 2.23. The Morgan fingerprint density at radius 3 is 2.42 bits per heavy atom. The second-order valence-electron chi connectivity index (χ2n) is 9.08. The van der Waals surface area contributed by atoms with E-state index in [9.17, 15) is 19.2 Å². The lowest BCUT2D eigenvalue weighted by molar-refractivity contribution is -0.122. The van der Waals surface area contributed by atoms with Crippen molar-refractivity contribution < 1.29 is 14.4 Å². The van der Waals surface area contributed by atoms with Gasteiger partial charge in [-0.2, -0.15) is 0 Å². The smallest absolute Gasteiger partial charge is 0.308 e. The fourth-order valence-corrected chi connectivity index (χ4v) is 8.84. The van der Waals surface area contributed by atoms with Crippen molar-refractivity contribution in [3.8, 4) is 0 Å². The lowest BCUT2D eigenvalue weighted by Gasteiger charge is -2.29. The minimum atomic E-state index is -0.703. The Hall–Kier alpha value is -2.99. The van der Waals surface area contributed by atoms with Crippen LogP contribution >= 0.6 is 50.4 Å². The molecule has 6 rings (SSSR count). The summed E-state index contributed by atoms with van der Waals surface area (Å²) < 4.78 is 2.28. The van der Waals surface area contributed by atoms with Crippen LogP contribution in [0.15, 0.2) is 80.3 Å². The molecular formula is C27H20BrN3O4S3. The molecule has 192 valence electrons. The number of carbonyl (C=O) groups is 3. The Bertz CT molecular complexity index is 1610. The third-order valence-corrected chi connectivity index (χ3v) is 10.7. The number of rotatable bonds is 5. The van der Waals surface area contributed by atoms with Crippen molar-refractivity contribution in [2.45, 2.75) is 29.7 Å². The van der Waals surface area contributed by atoms with E-state index in [4.69, 9.17) is 0 Å². The first-order valence-electron chi connectivity index (χ1n) is 11.8. The van der Waals surface area contributed by atoms with Gasteiger partial charge in [-0.15, -0.1) is 11.3 Å². The van der Waals surface area contributed by atoms with Crippen LogP contribution in [0.3, 0.4) is 0 Å². The van der Waals surface area contributed by atoms with Crippen LogP contribution in [-0.2, 0) is 20.9 Å². The molecule has 1 saturated heterocycles. The highest BCUT2D eigenvalue weighted by Gasteiger charge is 2.57. The van der Waals surface area contributed by atoms with Crippen LogP contribution in [0.4, 0.5) is 11.4 Å². The molecule has 7 nitrogen and oxygen atoms in total. The molecule has 0 radical (unpaired) electrons. The topological polar surface area (TPSA) is 88.5 Å². The average Bonchev–Trinajstić information content (AvgIpc) is 3.59. The highest BCUT2D eigenvalue weighted by molar-refractivity contribution is 9.10. The van der Waals surface area contributed by atoms with Gasteiger partial charge in [0.1, 0.15) is 11.8 Å². The van der Waals surface area contributed by atoms with E-state index in [0.29, 0.717) is 16.4 Å². The van der Waals surface area contributed by atoms with Gasteiger partial charge in [-0.25, -0.2) is 4.90 Å². The molecule has 1 N–H and O–H groups in total. The summed E-state index contributed by atoms with van der Waals surface area (Å²) in [6, 6.07) is 18.3. The fraction of sp³-hybridized carbons (Fsp3) is 0.185. The molecule has 0 aliphatic carbocycles. The van der Waals surface area contributed by atoms with Crippen molar-refractivity contribution in [2.24, 2.45) is 5.92 Å². The number of thiophene rings is 1. The van der Waals surface area contributed by atoms with E-state index in [1.807, 2.05) is 48.7 Å². The van der Waals surface area contributed by atoms with Crippen molar-refractivity contribution in [3.05, 3.63) is 95.5 Å². The predicted octanol–water partition coefficient (Wildman–Crippen LogP) is 5.48. The van der Waals surface area contributed by atoms with Gasteiger partial charge in [0.15, 0.2) is 0 Å². The van der Waals surface area contributed by atoms with E-state index in [-0.39, 0.29) is 29.1 Å². The van der Waals surface area contributed by atoms with Crippen molar-refractivity contribution in [1.29, 1.82) is 0 Å². The zero-order valence-corrected chi connectivity index (χ0v) is 24.0. The number of thioether (sulfide) groups is 1. The third kappa shape index (κ3) is 4.37. The predicted molar refractivity (Wildman–Crippen MR) is 154 cm³/mol. The highest BCUT2D eigenvalue weighted by Crippen LogP contribution is 2.54. The summed E-state index contributed by atoms with van der Waals surface area (Å²) in [6.07, 6.45) is 0. The lowest BCUT2D eigenvalue weighted by atomic mass is 9.87. The normalized spacial score (nSPS) is 20.4. The minimum Gasteiger partial charge on any atom is -0.325 e. The number of nitrogens with one attached hydrogen (secondary N) is 1. The highest BCUT2D eigenvalue weighted by atomic mass is 79.9. The molecule has 2 aromatic heterocycles. The summed E-state index contributed by atoms with van der Waals surface area (Å²) in [5, 5.41) is 4.64. The number of thiazole rings is 1. The third-order valence-electron chi connectivity index (χ3n) is 6.62. The van der Waals surface area contributed by atoms with E-state index in [0.717, 1.165) is 31.1 Å². The molecule has 0 unspecified atom stereocenters. The molecule has 11 heteroatoms. The van der Waals surface area contributed by atoms with Crippen molar-refractivity contribution in [2.75, 3.05) is 10.2 Å². The van der Waals surface area contributed by atoms with Gasteiger partial charge in [0.05, 0.1) is 16.6 Å². The first kappa shape index (κ1) is 25.3. The summed E-state index contributed by atoms with van der Waals surface area (Å²) in [7, 11) is 0. The van der Waals surface area contributed by atoms with Crippen molar-refractivity contribution in [3.63, 3.8) is 0 Å². The van der Waals surface area contributed by atoms with E-state index in [2.05, 4.69) is 21.2 Å². The molecular weight excluding hydrogens is 606 g/mol. The van der Waals surface area contributed by atoms with Gasteiger partial charge < -0.3 is 5.32 Å². The van der Waals surface area contributed by atoms with Gasteiger partial charge >= 0.3 is 4.87 Å². The average molecular weight is 627 g/mol. The number of amides is 3. The number of aromatic nitrogens is 1. The Morgan fingerprint density at radius 2 is 1.74 bits per heavy atom. The molecule has 0 spiro atoms. The van der Waals surface area contributed by atoms with E-state index in [1.165, 1.54) is 32.6 Å². The maximum Gasteiger partial charge on any atom is 0.308 e. The van der Waals surface area contributed by atoms with Gasteiger partial charge in [-0.3, -0.25) is 23.7 Å². The zero-order chi connectivity index (χ0) is 26.6. The van der Waals surface area contributed by atoms with Gasteiger partial charge in [-0.05, 0) is 54.8 Å². The molecule has 3 amide bonds. The van der Waals surface area contributed by atoms with E-state index in [1.54, 1.807) is 24.3 Å². The van der Waals surface area contributed by atoms with Gasteiger partial charge in [-0.1, -0.05) is 62.8 Å². The molecule has 3 atom stereocenters. The van der Waals surface area contributed by atoms with Crippen LogP contribution in [0.5, 0.6) is 0 Å². The monoisotopic (exact) mass is 625 g/mol. The van der Waals surface area contributed by atoms with Crippen molar-refractivity contribution >= 4 is 79.5 Å². The van der Waals surface area contributed by atoms with Crippen LogP contribution in [0.1, 0.15) is 21.2 Å². The zero-order valence-electron chi connectivity index (χ0n) is 19.9. The largest absolute Gasteiger partial charge is 0.325 e. The second-order valence-corrected chi connectivity index (χ2v) is 13.1. The number of carbonyl (C=O) groups excluding carboxylic acids is 3. The van der Waals surface area contributed by atoms with E-state index >= 15 is 0 Å².